The van der Waals surface area contributed by atoms with Crippen LogP contribution in [0.15, 0.2) is 49.0 Å². The van der Waals surface area contributed by atoms with Gasteiger partial charge in [0.2, 0.25) is 6.04 Å². The van der Waals surface area contributed by atoms with Crippen molar-refractivity contribution >= 4 is 87.1 Å². The second-order valence-electron chi connectivity index (χ2n) is 8.33. The highest BCUT2D eigenvalue weighted by atomic mass is 35.5. The molecule has 1 fully saturated rings. The van der Waals surface area contributed by atoms with Gasteiger partial charge in [-0.15, -0.1) is 28.4 Å². The van der Waals surface area contributed by atoms with Gasteiger partial charge in [0.1, 0.15) is 27.1 Å². The Hall–Kier alpha value is -3.06. The minimum Gasteiger partial charge on any atom is -0.477 e. The molecular weight excluding hydrogens is 622 g/mol. The van der Waals surface area contributed by atoms with E-state index in [4.69, 9.17) is 28.8 Å². The number of rotatable bonds is 11. The Balaban J connectivity index is 1.50. The van der Waals surface area contributed by atoms with Crippen LogP contribution in [0.4, 0.5) is 5.13 Å². The van der Waals surface area contributed by atoms with Gasteiger partial charge in [0.05, 0.1) is 6.04 Å². The zero-order valence-electron chi connectivity index (χ0n) is 20.5. The lowest BCUT2D eigenvalue weighted by Gasteiger charge is -2.49. The summed E-state index contributed by atoms with van der Waals surface area (Å²) >= 11 is 10.9. The third-order valence-electron chi connectivity index (χ3n) is 5.50. The lowest BCUT2D eigenvalue weighted by atomic mass is 10.0. The number of halogens is 1. The monoisotopic (exact) mass is 643 g/mol. The van der Waals surface area contributed by atoms with Gasteiger partial charge in [-0.1, -0.05) is 34.7 Å². The summed E-state index contributed by atoms with van der Waals surface area (Å²) in [6.45, 7) is 1.86. The number of nitroso groups, excluding NO2 is 1. The lowest BCUT2D eigenvalue weighted by molar-refractivity contribution is -0.150. The topological polar surface area (TPSA) is 232 Å². The van der Waals surface area contributed by atoms with Crippen LogP contribution in [-0.4, -0.2) is 72.7 Å². The number of hydrogen-bond donors (Lipinski definition) is 5. The number of aromatic nitrogens is 2. The molecule has 212 valence electrons. The number of anilines is 1. The van der Waals surface area contributed by atoms with Crippen LogP contribution < -0.4 is 22.5 Å². The number of thioether (sulfide) groups is 3. The van der Waals surface area contributed by atoms with E-state index in [9.17, 15) is 24.4 Å². The van der Waals surface area contributed by atoms with Crippen LogP contribution in [0, 0.1) is 4.91 Å². The molecule has 0 aromatic carbocycles. The van der Waals surface area contributed by atoms with Crippen LogP contribution in [0.3, 0.4) is 0 Å². The first-order chi connectivity index (χ1) is 19.0. The smallest absolute Gasteiger partial charge is 0.353 e. The van der Waals surface area contributed by atoms with Gasteiger partial charge in [-0.25, -0.2) is 14.8 Å². The first-order valence-electron chi connectivity index (χ1n) is 11.3. The molecule has 0 spiro atoms. The molecule has 2 amide bonds. The van der Waals surface area contributed by atoms with Crippen LogP contribution in [0.1, 0.15) is 18.7 Å². The minimum absolute atomic E-state index is 0.0118. The van der Waals surface area contributed by atoms with Crippen LogP contribution in [0.5, 0.6) is 0 Å². The average molecular weight is 644 g/mol. The van der Waals surface area contributed by atoms with Gasteiger partial charge in [-0.3, -0.25) is 19.5 Å². The van der Waals surface area contributed by atoms with Crippen molar-refractivity contribution in [1.82, 2.24) is 20.2 Å². The summed E-state index contributed by atoms with van der Waals surface area (Å²) in [6, 6.07) is -1.08. The highest BCUT2D eigenvalue weighted by Gasteiger charge is 2.55. The maximum Gasteiger partial charge on any atom is 0.353 e. The molecule has 0 saturated carbocycles. The summed E-state index contributed by atoms with van der Waals surface area (Å²) < 4.78 is 0.0305. The molecule has 40 heavy (non-hydrogen) atoms. The van der Waals surface area contributed by atoms with E-state index in [1.165, 1.54) is 35.3 Å². The highest BCUT2D eigenvalue weighted by Crippen LogP contribution is 2.46. The number of nitrogens with zero attached hydrogens (tertiary/aromatic N) is 5. The molecule has 4 atom stereocenters. The van der Waals surface area contributed by atoms with Crippen molar-refractivity contribution in [1.29, 1.82) is 0 Å². The number of β-lactam (4-membered cyclic amide) rings is 1. The van der Waals surface area contributed by atoms with E-state index < -0.39 is 35.2 Å². The Morgan fingerprint density at radius 1 is 1.38 bits per heavy atom. The summed E-state index contributed by atoms with van der Waals surface area (Å²) in [5.41, 5.74) is 16.2. The molecule has 2 aliphatic rings. The molecule has 0 bridgehead atoms. The van der Waals surface area contributed by atoms with Crippen molar-refractivity contribution < 1.29 is 19.5 Å². The molecule has 2 aromatic heterocycles. The fourth-order valence-corrected chi connectivity index (χ4v) is 8.40. The molecular formula is C21H22ClN9O5S4. The normalized spacial score (nSPS) is 19.8. The number of thiazole rings is 1. The molecule has 0 aliphatic carbocycles. The average Bonchev–Trinajstić information content (AvgIpc) is 3.23. The van der Waals surface area contributed by atoms with Crippen LogP contribution in [0.2, 0.25) is 4.34 Å². The number of nitrogen functional groups attached to an aromatic ring is 1. The molecule has 2 aromatic rings. The van der Waals surface area contributed by atoms with Gasteiger partial charge in [-0.05, 0) is 18.2 Å². The first kappa shape index (κ1) is 29.9. The number of carbonyl (C=O) groups is 3. The Labute approximate surface area is 248 Å². The maximum atomic E-state index is 13.1. The number of carboxylic acid groups (broad SMARTS) is 1. The third-order valence-corrected chi connectivity index (χ3v) is 10.7. The number of guanidine groups is 1. The van der Waals surface area contributed by atoms with E-state index in [-0.39, 0.29) is 38.6 Å². The Kier molecular flexibility index (Phi) is 9.44. The number of nitrogens with one attached hydrogen (secondary N) is 1. The molecule has 4 heterocycles. The molecule has 8 N–H and O–H groups in total. The number of aliphatic imine (C=N–C) groups is 1. The fourth-order valence-electron chi connectivity index (χ4n) is 3.82. The molecule has 4 rings (SSSR count). The van der Waals surface area contributed by atoms with Crippen LogP contribution in [0.25, 0.3) is 0 Å². The van der Waals surface area contributed by atoms with Gasteiger partial charge in [0, 0.05) is 38.6 Å². The molecule has 1 saturated heterocycles. The first-order valence-corrected chi connectivity index (χ1v) is 15.3. The van der Waals surface area contributed by atoms with Crippen molar-refractivity contribution in [2.24, 2.45) is 21.6 Å². The third kappa shape index (κ3) is 6.30. The summed E-state index contributed by atoms with van der Waals surface area (Å²) in [5.74, 6) is -2.01. The van der Waals surface area contributed by atoms with Crippen molar-refractivity contribution in [2.45, 2.75) is 40.2 Å². The largest absolute Gasteiger partial charge is 0.477 e. The number of carbonyl (C=O) groups excluding carboxylic acids is 2. The highest BCUT2D eigenvalue weighted by molar-refractivity contribution is 8.07. The molecule has 2 aliphatic heterocycles. The van der Waals surface area contributed by atoms with E-state index >= 15 is 0 Å². The van der Waals surface area contributed by atoms with Crippen molar-refractivity contribution in [3.05, 3.63) is 44.0 Å². The summed E-state index contributed by atoms with van der Waals surface area (Å²) in [7, 11) is 0. The van der Waals surface area contributed by atoms with Gasteiger partial charge >= 0.3 is 5.97 Å². The zero-order valence-corrected chi connectivity index (χ0v) is 24.5. The number of carboxylic acids is 1. The Bertz CT molecular complexity index is 1420. The number of aliphatic carboxylic acids is 1. The lowest BCUT2D eigenvalue weighted by Crippen LogP contribution is -2.70. The standard InChI is InChI=1S/C21H22ClN9O5S4/c1-7(27-20(23)24)5-37-9-4-26-3-2-8(9)39-10-6-38-18-13(17(33)31(18)14(10)19(34)35)28-16(32)12(30-36)11-15(22)40-21(25)29-11/h2-4,7,12-13,18H,5-6H2,1H3,(H2,25,29)(H,28,32)(H,34,35)(H4,23,24,27)/t7?,12?,13-,18+/m1/s1. The van der Waals surface area contributed by atoms with E-state index in [1.807, 2.05) is 6.92 Å². The molecule has 14 nitrogen and oxygen atoms in total. The second kappa shape index (κ2) is 12.6. The SMILES string of the molecule is CC(CSc1cnccc1SC1=C(C(=O)O)N2C(=O)[C@@H](NC(=O)C(N=O)c3nc(N)sc3Cl)[C@@H]2SC1)N=C(N)N. The van der Waals surface area contributed by atoms with Crippen molar-refractivity contribution in [3.63, 3.8) is 0 Å². The maximum absolute atomic E-state index is 13.1. The number of fused-ring (bicyclic) bond motifs is 1. The number of hydrogen-bond acceptors (Lipinski definition) is 13. The molecule has 19 heteroatoms. The van der Waals surface area contributed by atoms with Gasteiger partial charge < -0.3 is 27.6 Å². The summed E-state index contributed by atoms with van der Waals surface area (Å²) in [6.07, 6.45) is 3.25. The van der Waals surface area contributed by atoms with Crippen molar-refractivity contribution in [3.8, 4) is 0 Å². The summed E-state index contributed by atoms with van der Waals surface area (Å²) in [5, 5.41) is 14.7. The van der Waals surface area contributed by atoms with Crippen LogP contribution in [-0.2, 0) is 14.4 Å². The summed E-state index contributed by atoms with van der Waals surface area (Å²) in [4.78, 5) is 64.9. The quantitative estimate of drug-likeness (QED) is 0.0774. The van der Waals surface area contributed by atoms with E-state index in [0.717, 1.165) is 26.0 Å². The van der Waals surface area contributed by atoms with E-state index in [1.54, 1.807) is 18.5 Å². The molecule has 2 unspecified atom stereocenters. The number of pyridine rings is 1. The minimum atomic E-state index is -1.62. The zero-order chi connectivity index (χ0) is 29.1. The second-order valence-corrected chi connectivity index (χ2v) is 13.3. The number of nitrogens with two attached hydrogens (primary N) is 3. The van der Waals surface area contributed by atoms with E-state index in [0.29, 0.717) is 10.7 Å². The Morgan fingerprint density at radius 2 is 2.12 bits per heavy atom. The fraction of sp³-hybridized carbons (Fsp3) is 0.333. The predicted molar refractivity (Wildman–Crippen MR) is 156 cm³/mol. The van der Waals surface area contributed by atoms with Gasteiger partial charge in [0.25, 0.3) is 11.8 Å². The van der Waals surface area contributed by atoms with Crippen molar-refractivity contribution in [2.75, 3.05) is 17.2 Å². The van der Waals surface area contributed by atoms with Gasteiger partial charge in [0.15, 0.2) is 11.1 Å². The van der Waals surface area contributed by atoms with Crippen LogP contribution >= 0.6 is 58.2 Å². The predicted octanol–water partition coefficient (Wildman–Crippen LogP) is 1.82. The number of amides is 2. The van der Waals surface area contributed by atoms with Gasteiger partial charge in [-0.2, -0.15) is 0 Å². The molecule has 0 radical (unpaired) electrons. The Morgan fingerprint density at radius 3 is 2.75 bits per heavy atom. The van der Waals surface area contributed by atoms with E-state index in [2.05, 4.69) is 25.5 Å².